The molecule has 0 N–H and O–H groups in total. The number of alkyl halides is 1. The Kier molecular flexibility index (Phi) is 3.41. The number of nitrogens with zero attached hydrogens (tertiary/aromatic N) is 1. The summed E-state index contributed by atoms with van der Waals surface area (Å²) >= 11 is 3.67. The molecule has 1 amide bonds. The van der Waals surface area contributed by atoms with Crippen molar-refractivity contribution in [2.75, 3.05) is 13.1 Å². The van der Waals surface area contributed by atoms with Gasteiger partial charge in [0.25, 0.3) is 0 Å². The third-order valence-electron chi connectivity index (χ3n) is 2.95. The zero-order valence-electron chi connectivity index (χ0n) is 8.47. The van der Waals surface area contributed by atoms with Crippen molar-refractivity contribution in [3.8, 4) is 0 Å². The van der Waals surface area contributed by atoms with Gasteiger partial charge >= 0.3 is 0 Å². The number of piperidine rings is 1. The molecule has 2 atom stereocenters. The van der Waals surface area contributed by atoms with E-state index in [-0.39, 0.29) is 0 Å². The van der Waals surface area contributed by atoms with E-state index < -0.39 is 0 Å². The molecular weight excluding hydrogens is 254 g/mol. The van der Waals surface area contributed by atoms with E-state index in [1.54, 1.807) is 0 Å². The molecule has 2 nitrogen and oxygen atoms in total. The molecule has 1 aliphatic heterocycles. The van der Waals surface area contributed by atoms with E-state index in [0.29, 0.717) is 10.7 Å². The minimum Gasteiger partial charge on any atom is -0.344 e. The number of likely N-dealkylation sites (tertiary alicyclic amines) is 1. The Morgan fingerprint density at radius 3 is 2.67 bits per heavy atom. The van der Waals surface area contributed by atoms with Crippen molar-refractivity contribution < 1.29 is 4.79 Å². The largest absolute Gasteiger partial charge is 0.344 e. The minimum atomic E-state index is 0.374. The smallest absolute Gasteiger partial charge is 0.209 e. The molecule has 0 aromatic heterocycles. The lowest BCUT2D eigenvalue weighted by atomic mass is 9.89. The predicted molar refractivity (Wildman–Crippen MR) is 64.2 cm³/mol. The number of benzene rings is 1. The Bertz CT molecular complexity index is 328. The van der Waals surface area contributed by atoms with Crippen LogP contribution in [0.3, 0.4) is 0 Å². The molecule has 0 bridgehead atoms. The van der Waals surface area contributed by atoms with Crippen LogP contribution in [0.4, 0.5) is 0 Å². The second-order valence-corrected chi connectivity index (χ2v) is 5.10. The van der Waals surface area contributed by atoms with Gasteiger partial charge in [-0.3, -0.25) is 4.79 Å². The summed E-state index contributed by atoms with van der Waals surface area (Å²) in [5, 5.41) is 0. The summed E-state index contributed by atoms with van der Waals surface area (Å²) in [5.74, 6) is 0.530. The fourth-order valence-electron chi connectivity index (χ4n) is 2.10. The van der Waals surface area contributed by atoms with Gasteiger partial charge < -0.3 is 4.90 Å². The molecule has 0 saturated carbocycles. The lowest BCUT2D eigenvalue weighted by molar-refractivity contribution is -0.118. The van der Waals surface area contributed by atoms with E-state index in [9.17, 15) is 4.79 Å². The van der Waals surface area contributed by atoms with Crippen molar-refractivity contribution in [2.24, 2.45) is 0 Å². The van der Waals surface area contributed by atoms with Crippen LogP contribution in [0, 0.1) is 0 Å². The third kappa shape index (κ3) is 2.40. The summed E-state index contributed by atoms with van der Waals surface area (Å²) < 4.78 is 0. The molecule has 1 aromatic rings. The molecule has 1 heterocycles. The number of rotatable bonds is 2. The summed E-state index contributed by atoms with van der Waals surface area (Å²) in [7, 11) is 0. The second-order valence-electron chi connectivity index (χ2n) is 3.92. The lowest BCUT2D eigenvalue weighted by Gasteiger charge is -2.33. The van der Waals surface area contributed by atoms with Crippen molar-refractivity contribution in [3.05, 3.63) is 35.9 Å². The first-order valence-electron chi connectivity index (χ1n) is 5.19. The maximum Gasteiger partial charge on any atom is 0.209 e. The molecule has 15 heavy (non-hydrogen) atoms. The number of halogens is 1. The molecule has 1 aliphatic rings. The van der Waals surface area contributed by atoms with E-state index in [2.05, 4.69) is 40.2 Å². The van der Waals surface area contributed by atoms with E-state index in [1.165, 1.54) is 5.56 Å². The first-order chi connectivity index (χ1) is 7.31. The van der Waals surface area contributed by atoms with Gasteiger partial charge in [0.05, 0.1) is 0 Å². The van der Waals surface area contributed by atoms with Gasteiger partial charge in [0.15, 0.2) is 0 Å². The van der Waals surface area contributed by atoms with Gasteiger partial charge in [-0.2, -0.15) is 0 Å². The third-order valence-corrected chi connectivity index (χ3v) is 3.88. The highest BCUT2D eigenvalue weighted by Gasteiger charge is 2.27. The monoisotopic (exact) mass is 267 g/mol. The summed E-state index contributed by atoms with van der Waals surface area (Å²) in [6.07, 6.45) is 1.98. The van der Waals surface area contributed by atoms with E-state index in [1.807, 2.05) is 11.0 Å². The van der Waals surface area contributed by atoms with Crippen LogP contribution in [0.15, 0.2) is 30.3 Å². The van der Waals surface area contributed by atoms with Gasteiger partial charge in [0.1, 0.15) is 0 Å². The normalized spacial score (nSPS) is 26.3. The van der Waals surface area contributed by atoms with E-state index in [0.717, 1.165) is 25.9 Å². The molecule has 1 aromatic carbocycles. The van der Waals surface area contributed by atoms with Gasteiger partial charge in [0.2, 0.25) is 6.41 Å². The molecule has 0 radical (unpaired) electrons. The SMILES string of the molecule is O=CN1CCC(c2ccccc2)C(Br)C1. The van der Waals surface area contributed by atoms with Gasteiger partial charge in [-0.05, 0) is 17.9 Å². The Balaban J connectivity index is 2.09. The van der Waals surface area contributed by atoms with Gasteiger partial charge in [-0.25, -0.2) is 0 Å². The number of hydrogen-bond donors (Lipinski definition) is 0. The zero-order chi connectivity index (χ0) is 10.7. The standard InChI is InChI=1S/C12H14BrNO/c13-12-8-14(9-15)7-6-11(12)10-4-2-1-3-5-10/h1-5,9,11-12H,6-8H2. The molecule has 0 aliphatic carbocycles. The fraction of sp³-hybridized carbons (Fsp3) is 0.417. The molecule has 1 saturated heterocycles. The van der Waals surface area contributed by atoms with E-state index in [4.69, 9.17) is 0 Å². The average molecular weight is 268 g/mol. The summed E-state index contributed by atoms with van der Waals surface area (Å²) in [5.41, 5.74) is 1.37. The van der Waals surface area contributed by atoms with Crippen molar-refractivity contribution in [3.63, 3.8) is 0 Å². The predicted octanol–water partition coefficient (Wildman–Crippen LogP) is 2.40. The van der Waals surface area contributed by atoms with Crippen LogP contribution in [0.25, 0.3) is 0 Å². The Labute approximate surface area is 98.4 Å². The van der Waals surface area contributed by atoms with Gasteiger partial charge in [-0.1, -0.05) is 46.3 Å². The van der Waals surface area contributed by atoms with Gasteiger partial charge in [-0.15, -0.1) is 0 Å². The Morgan fingerprint density at radius 2 is 2.07 bits per heavy atom. The maximum absolute atomic E-state index is 10.7. The molecule has 2 rings (SSSR count). The summed E-state index contributed by atoms with van der Waals surface area (Å²) in [4.78, 5) is 12.9. The van der Waals surface area contributed by atoms with Crippen molar-refractivity contribution in [1.82, 2.24) is 4.90 Å². The maximum atomic E-state index is 10.7. The van der Waals surface area contributed by atoms with Crippen LogP contribution in [0.5, 0.6) is 0 Å². The highest BCUT2D eigenvalue weighted by molar-refractivity contribution is 9.09. The van der Waals surface area contributed by atoms with Crippen LogP contribution in [-0.2, 0) is 4.79 Å². The first-order valence-corrected chi connectivity index (χ1v) is 6.11. The van der Waals surface area contributed by atoms with Crippen LogP contribution in [-0.4, -0.2) is 29.2 Å². The van der Waals surface area contributed by atoms with E-state index >= 15 is 0 Å². The minimum absolute atomic E-state index is 0.374. The first kappa shape index (κ1) is 10.7. The van der Waals surface area contributed by atoms with Crippen molar-refractivity contribution in [1.29, 1.82) is 0 Å². The quantitative estimate of drug-likeness (QED) is 0.595. The fourth-order valence-corrected chi connectivity index (χ4v) is 3.04. The zero-order valence-corrected chi connectivity index (χ0v) is 10.1. The molecule has 0 spiro atoms. The highest BCUT2D eigenvalue weighted by Crippen LogP contribution is 2.32. The summed E-state index contributed by atoms with van der Waals surface area (Å²) in [6.45, 7) is 1.67. The Hall–Kier alpha value is -0.830. The van der Waals surface area contributed by atoms with Crippen LogP contribution in [0.2, 0.25) is 0 Å². The molecule has 80 valence electrons. The molecule has 1 fully saturated rings. The number of carbonyl (C=O) groups is 1. The number of carbonyl (C=O) groups excluding carboxylic acids is 1. The molecule has 2 unspecified atom stereocenters. The molecule has 3 heteroatoms. The topological polar surface area (TPSA) is 20.3 Å². The Morgan fingerprint density at radius 1 is 1.33 bits per heavy atom. The number of hydrogen-bond acceptors (Lipinski definition) is 1. The van der Waals surface area contributed by atoms with Crippen LogP contribution >= 0.6 is 15.9 Å². The van der Waals surface area contributed by atoms with Crippen LogP contribution < -0.4 is 0 Å². The lowest BCUT2D eigenvalue weighted by Crippen LogP contribution is -2.39. The second kappa shape index (κ2) is 4.79. The van der Waals surface area contributed by atoms with Crippen molar-refractivity contribution >= 4 is 22.3 Å². The molecular formula is C12H14BrNO. The highest BCUT2D eigenvalue weighted by atomic mass is 79.9. The van der Waals surface area contributed by atoms with Crippen molar-refractivity contribution in [2.45, 2.75) is 17.2 Å². The average Bonchev–Trinajstić information content (AvgIpc) is 2.30. The summed E-state index contributed by atoms with van der Waals surface area (Å²) in [6, 6.07) is 10.5. The van der Waals surface area contributed by atoms with Gasteiger partial charge in [0, 0.05) is 17.9 Å². The van der Waals surface area contributed by atoms with Crippen LogP contribution in [0.1, 0.15) is 17.9 Å². The number of amides is 1.